The highest BCUT2D eigenvalue weighted by Crippen LogP contribution is 2.33. The lowest BCUT2D eigenvalue weighted by Crippen LogP contribution is -2.30. The summed E-state index contributed by atoms with van der Waals surface area (Å²) in [4.78, 5) is 0.296. The molecule has 2 heterocycles. The average Bonchev–Trinajstić information content (AvgIpc) is 3.08. The second kappa shape index (κ2) is 7.30. The van der Waals surface area contributed by atoms with E-state index in [1.807, 2.05) is 55.5 Å². The fraction of sp³-hybridized carbons (Fsp3) is 0.182. The van der Waals surface area contributed by atoms with E-state index in [2.05, 4.69) is 0 Å². The van der Waals surface area contributed by atoms with Crippen molar-refractivity contribution in [3.05, 3.63) is 89.4 Å². The summed E-state index contributed by atoms with van der Waals surface area (Å²) in [6.07, 6.45) is 3.51. The molecule has 0 saturated carbocycles. The molecule has 0 N–H and O–H groups in total. The van der Waals surface area contributed by atoms with E-state index in [-0.39, 0.29) is 13.1 Å². The first-order chi connectivity index (χ1) is 13.5. The van der Waals surface area contributed by atoms with Crippen LogP contribution in [-0.4, -0.2) is 26.4 Å². The Kier molecular flexibility index (Phi) is 4.83. The zero-order valence-corrected chi connectivity index (χ0v) is 16.6. The van der Waals surface area contributed by atoms with E-state index in [0.717, 1.165) is 28.0 Å². The minimum absolute atomic E-state index is 0.262. The van der Waals surface area contributed by atoms with Gasteiger partial charge in [0.25, 0.3) is 0 Å². The molecule has 1 aromatic heterocycles. The van der Waals surface area contributed by atoms with E-state index in [4.69, 9.17) is 9.15 Å². The van der Waals surface area contributed by atoms with Crippen LogP contribution >= 0.6 is 0 Å². The number of furan rings is 1. The van der Waals surface area contributed by atoms with Gasteiger partial charge in [-0.15, -0.1) is 0 Å². The molecule has 0 bridgehead atoms. The molecule has 3 aromatic rings. The van der Waals surface area contributed by atoms with Gasteiger partial charge in [0.1, 0.15) is 11.5 Å². The van der Waals surface area contributed by atoms with Crippen LogP contribution < -0.4 is 4.74 Å². The molecule has 0 radical (unpaired) electrons. The maximum absolute atomic E-state index is 13.2. The van der Waals surface area contributed by atoms with Gasteiger partial charge < -0.3 is 9.15 Å². The maximum Gasteiger partial charge on any atom is 0.243 e. The van der Waals surface area contributed by atoms with Gasteiger partial charge in [-0.1, -0.05) is 35.9 Å². The van der Waals surface area contributed by atoms with Crippen LogP contribution in [0.2, 0.25) is 0 Å². The fourth-order valence-electron chi connectivity index (χ4n) is 3.30. The summed E-state index contributed by atoms with van der Waals surface area (Å²) in [7, 11) is -1.99. The van der Waals surface area contributed by atoms with Crippen molar-refractivity contribution < 1.29 is 17.6 Å². The quantitative estimate of drug-likeness (QED) is 0.663. The first-order valence-corrected chi connectivity index (χ1v) is 10.4. The summed E-state index contributed by atoms with van der Waals surface area (Å²) in [5.74, 6) is 1.47. The molecule has 0 spiro atoms. The first-order valence-electron chi connectivity index (χ1n) is 8.97. The molecule has 4 rings (SSSR count). The summed E-state index contributed by atoms with van der Waals surface area (Å²) >= 11 is 0. The Morgan fingerprint density at radius 2 is 1.71 bits per heavy atom. The van der Waals surface area contributed by atoms with Crippen molar-refractivity contribution in [1.29, 1.82) is 0 Å². The summed E-state index contributed by atoms with van der Waals surface area (Å²) in [5, 5.41) is 0. The minimum Gasteiger partial charge on any atom is -0.497 e. The lowest BCUT2D eigenvalue weighted by Gasteiger charge is -2.19. The van der Waals surface area contributed by atoms with E-state index in [1.54, 1.807) is 25.5 Å². The Hall–Kier alpha value is -2.83. The molecule has 6 heteroatoms. The van der Waals surface area contributed by atoms with Gasteiger partial charge in [0.2, 0.25) is 10.0 Å². The normalized spacial score (nSPS) is 14.9. The van der Waals surface area contributed by atoms with Crippen molar-refractivity contribution in [2.24, 2.45) is 0 Å². The molecule has 0 atom stereocenters. The molecule has 0 saturated heterocycles. The second-order valence-electron chi connectivity index (χ2n) is 6.73. The number of nitrogens with zero attached hydrogens (tertiary/aromatic N) is 1. The lowest BCUT2D eigenvalue weighted by molar-refractivity contribution is 0.415. The van der Waals surface area contributed by atoms with Gasteiger partial charge in [-0.25, -0.2) is 8.42 Å². The largest absolute Gasteiger partial charge is 0.497 e. The summed E-state index contributed by atoms with van der Waals surface area (Å²) in [6.45, 7) is 2.46. The zero-order chi connectivity index (χ0) is 19.7. The van der Waals surface area contributed by atoms with E-state index >= 15 is 0 Å². The minimum atomic E-state index is -3.61. The predicted molar refractivity (Wildman–Crippen MR) is 108 cm³/mol. The molecule has 0 unspecified atom stereocenters. The molecule has 144 valence electrons. The molecular weight excluding hydrogens is 374 g/mol. The smallest absolute Gasteiger partial charge is 0.243 e. The number of rotatable bonds is 4. The highest BCUT2D eigenvalue weighted by Gasteiger charge is 2.28. The lowest BCUT2D eigenvalue weighted by atomic mass is 10.0. The van der Waals surface area contributed by atoms with Gasteiger partial charge in [-0.2, -0.15) is 4.31 Å². The number of sulfonamides is 1. The molecule has 28 heavy (non-hydrogen) atoms. The standard InChI is InChI=1S/C22H21NO4S/c1-16-3-9-20(10-4-16)28(24,25)23-13-11-21(22-18(15-23)12-14-27-22)17-5-7-19(26-2)8-6-17/h3-12,14H,13,15H2,1-2H3. The number of methoxy groups -OCH3 is 1. The predicted octanol–water partition coefficient (Wildman–Crippen LogP) is 4.23. The number of ether oxygens (including phenoxy) is 1. The van der Waals surface area contributed by atoms with Crippen molar-refractivity contribution in [2.45, 2.75) is 18.4 Å². The maximum atomic E-state index is 13.2. The van der Waals surface area contributed by atoms with E-state index in [1.165, 1.54) is 4.31 Å². The zero-order valence-electron chi connectivity index (χ0n) is 15.8. The molecule has 0 amide bonds. The average molecular weight is 395 g/mol. The van der Waals surface area contributed by atoms with E-state index in [0.29, 0.717) is 10.7 Å². The van der Waals surface area contributed by atoms with Gasteiger partial charge in [-0.3, -0.25) is 0 Å². The van der Waals surface area contributed by atoms with E-state index in [9.17, 15) is 8.42 Å². The van der Waals surface area contributed by atoms with Gasteiger partial charge in [-0.05, 0) is 42.8 Å². The van der Waals surface area contributed by atoms with Crippen molar-refractivity contribution in [3.63, 3.8) is 0 Å². The monoisotopic (exact) mass is 395 g/mol. The Morgan fingerprint density at radius 1 is 1.00 bits per heavy atom. The number of aryl methyl sites for hydroxylation is 1. The van der Waals surface area contributed by atoms with Crippen LogP contribution in [0.4, 0.5) is 0 Å². The molecule has 0 fully saturated rings. The third-order valence-electron chi connectivity index (χ3n) is 4.90. The Morgan fingerprint density at radius 3 is 2.39 bits per heavy atom. The van der Waals surface area contributed by atoms with Gasteiger partial charge >= 0.3 is 0 Å². The van der Waals surface area contributed by atoms with Crippen molar-refractivity contribution in [2.75, 3.05) is 13.7 Å². The highest BCUT2D eigenvalue weighted by molar-refractivity contribution is 7.89. The van der Waals surface area contributed by atoms with Crippen molar-refractivity contribution in [1.82, 2.24) is 4.31 Å². The van der Waals surface area contributed by atoms with Gasteiger partial charge in [0, 0.05) is 24.2 Å². The Labute approximate surface area is 164 Å². The van der Waals surface area contributed by atoms with Crippen LogP contribution in [0.1, 0.15) is 22.5 Å². The van der Waals surface area contributed by atoms with E-state index < -0.39 is 10.0 Å². The summed E-state index contributed by atoms with van der Waals surface area (Å²) < 4.78 is 38.7. The topological polar surface area (TPSA) is 59.8 Å². The molecule has 0 aliphatic carbocycles. The van der Waals surface area contributed by atoms with Crippen LogP contribution in [-0.2, 0) is 16.6 Å². The number of hydrogen-bond acceptors (Lipinski definition) is 4. The van der Waals surface area contributed by atoms with Crippen LogP contribution in [0.3, 0.4) is 0 Å². The third kappa shape index (κ3) is 3.37. The Bertz CT molecular complexity index is 1110. The first kappa shape index (κ1) is 18.5. The Balaban J connectivity index is 1.73. The molecule has 2 aromatic carbocycles. The highest BCUT2D eigenvalue weighted by atomic mass is 32.2. The van der Waals surface area contributed by atoms with Crippen LogP contribution in [0.5, 0.6) is 5.75 Å². The van der Waals surface area contributed by atoms with Crippen LogP contribution in [0, 0.1) is 6.92 Å². The second-order valence-corrected chi connectivity index (χ2v) is 8.67. The summed E-state index contributed by atoms with van der Waals surface area (Å²) in [5.41, 5.74) is 3.69. The number of hydrogen-bond donors (Lipinski definition) is 0. The summed E-state index contributed by atoms with van der Waals surface area (Å²) in [6, 6.07) is 16.4. The van der Waals surface area contributed by atoms with Gasteiger partial charge in [0.05, 0.1) is 18.3 Å². The van der Waals surface area contributed by atoms with Gasteiger partial charge in [0.15, 0.2) is 0 Å². The van der Waals surface area contributed by atoms with Crippen molar-refractivity contribution >= 4 is 15.6 Å². The SMILES string of the molecule is COc1ccc(C2=CCN(S(=O)(=O)c3ccc(C)cc3)Cc3ccoc32)cc1. The third-order valence-corrected chi connectivity index (χ3v) is 6.72. The van der Waals surface area contributed by atoms with Crippen LogP contribution in [0.25, 0.3) is 5.57 Å². The molecule has 1 aliphatic rings. The molecular formula is C22H21NO4S. The van der Waals surface area contributed by atoms with Crippen LogP contribution in [0.15, 0.2) is 76.2 Å². The fourth-order valence-corrected chi connectivity index (χ4v) is 4.66. The molecule has 1 aliphatic heterocycles. The molecule has 5 nitrogen and oxygen atoms in total. The van der Waals surface area contributed by atoms with Crippen molar-refractivity contribution in [3.8, 4) is 5.75 Å². The number of fused-ring (bicyclic) bond motifs is 1. The number of benzene rings is 2.